The van der Waals surface area contributed by atoms with Crippen molar-refractivity contribution < 1.29 is 9.47 Å². The minimum Gasteiger partial charge on any atom is -0.453 e. The summed E-state index contributed by atoms with van der Waals surface area (Å²) < 4.78 is 12.3. The molecule has 4 N–H and O–H groups in total. The number of benzene rings is 6. The third-order valence-electron chi connectivity index (χ3n) is 7.99. The van der Waals surface area contributed by atoms with Crippen molar-refractivity contribution in [2.24, 2.45) is 11.6 Å². The first-order valence-electron chi connectivity index (χ1n) is 14.7. The Morgan fingerprint density at radius 2 is 0.956 bits per heavy atom. The smallest absolute Gasteiger partial charge is 0.151 e. The molecule has 0 aliphatic carbocycles. The Morgan fingerprint density at radius 3 is 1.44 bits per heavy atom. The predicted molar refractivity (Wildman–Crippen MR) is 181 cm³/mol. The molecular weight excluding hydrogens is 558 g/mol. The summed E-state index contributed by atoms with van der Waals surface area (Å²) in [6.45, 7) is 0. The van der Waals surface area contributed by atoms with E-state index < -0.39 is 0 Å². The van der Waals surface area contributed by atoms with Gasteiger partial charge in [0.1, 0.15) is 0 Å². The van der Waals surface area contributed by atoms with Gasteiger partial charge in [0.05, 0.1) is 34.1 Å². The molecule has 0 amide bonds. The number of hydrogen-bond donors (Lipinski definition) is 2. The molecule has 2 aliphatic heterocycles. The van der Waals surface area contributed by atoms with Gasteiger partial charge in [-0.05, 0) is 84.4 Å². The van der Waals surface area contributed by atoms with Crippen LogP contribution in [-0.4, -0.2) is 0 Å². The maximum atomic E-state index is 6.60. The lowest BCUT2D eigenvalue weighted by atomic mass is 10.1. The van der Waals surface area contributed by atoms with Gasteiger partial charge in [-0.15, -0.1) is 0 Å². The Hall–Kier alpha value is -6.18. The zero-order valence-electron chi connectivity index (χ0n) is 24.2. The van der Waals surface area contributed by atoms with Crippen LogP contribution >= 0.6 is 0 Å². The van der Waals surface area contributed by atoms with Crippen LogP contribution in [0.2, 0.25) is 0 Å². The van der Waals surface area contributed by atoms with Crippen molar-refractivity contribution in [3.05, 3.63) is 157 Å². The molecular formula is C38H29N5O2. The second-order valence-electron chi connectivity index (χ2n) is 10.8. The maximum absolute atomic E-state index is 6.60. The van der Waals surface area contributed by atoms with Crippen molar-refractivity contribution in [3.63, 3.8) is 0 Å². The summed E-state index contributed by atoms with van der Waals surface area (Å²) in [5.74, 6) is 9.79. The molecule has 8 rings (SSSR count). The number of fused-ring (bicyclic) bond motifs is 4. The molecule has 0 radical (unpaired) electrons. The molecule has 7 heteroatoms. The number of hydrogen-bond acceptors (Lipinski definition) is 7. The van der Waals surface area contributed by atoms with Crippen molar-refractivity contribution in [2.45, 2.75) is 0 Å². The van der Waals surface area contributed by atoms with Crippen molar-refractivity contribution in [1.82, 2.24) is 0 Å². The number of ether oxygens (including phenoxy) is 2. The highest BCUT2D eigenvalue weighted by Gasteiger charge is 2.26. The minimum absolute atomic E-state index is 0.541. The summed E-state index contributed by atoms with van der Waals surface area (Å²) in [5.41, 5.74) is 14.6. The van der Waals surface area contributed by atoms with E-state index in [1.54, 1.807) is 11.2 Å². The molecule has 0 spiro atoms. The van der Waals surface area contributed by atoms with Crippen LogP contribution in [0.1, 0.15) is 5.56 Å². The van der Waals surface area contributed by atoms with Gasteiger partial charge in [0.2, 0.25) is 0 Å². The van der Waals surface area contributed by atoms with E-state index in [1.165, 1.54) is 0 Å². The van der Waals surface area contributed by atoms with Crippen LogP contribution in [0, 0.1) is 0 Å². The monoisotopic (exact) mass is 587 g/mol. The maximum Gasteiger partial charge on any atom is 0.151 e. The van der Waals surface area contributed by atoms with Gasteiger partial charge >= 0.3 is 0 Å². The molecule has 6 aromatic carbocycles. The highest BCUT2D eigenvalue weighted by Crippen LogP contribution is 2.51. The van der Waals surface area contributed by atoms with Crippen LogP contribution in [0.3, 0.4) is 0 Å². The fraction of sp³-hybridized carbons (Fsp3) is 0. The average molecular weight is 588 g/mol. The van der Waals surface area contributed by atoms with Gasteiger partial charge in [-0.25, -0.2) is 5.84 Å². The zero-order valence-corrected chi connectivity index (χ0v) is 24.2. The minimum atomic E-state index is 0.541. The Labute approximate surface area is 261 Å². The molecule has 0 aromatic heterocycles. The number of hydrazine groups is 1. The Morgan fingerprint density at radius 1 is 0.511 bits per heavy atom. The van der Waals surface area contributed by atoms with Gasteiger partial charge < -0.3 is 25.0 Å². The topological polar surface area (TPSA) is 80.2 Å². The van der Waals surface area contributed by atoms with E-state index in [0.717, 1.165) is 68.4 Å². The normalized spacial score (nSPS) is 13.0. The van der Waals surface area contributed by atoms with Gasteiger partial charge in [-0.3, -0.25) is 5.01 Å². The molecule has 0 unspecified atom stereocenters. The van der Waals surface area contributed by atoms with Crippen LogP contribution in [0.5, 0.6) is 23.0 Å². The summed E-state index contributed by atoms with van der Waals surface area (Å²) >= 11 is 0. The van der Waals surface area contributed by atoms with Gasteiger partial charge in [-0.2, -0.15) is 0 Å². The van der Waals surface area contributed by atoms with Gasteiger partial charge in [0.25, 0.3) is 0 Å². The number of rotatable bonds is 5. The summed E-state index contributed by atoms with van der Waals surface area (Å²) in [5, 5.41) is 1.56. The predicted octanol–water partition coefficient (Wildman–Crippen LogP) is 9.47. The number of nitrogens with two attached hydrogens (primary N) is 2. The van der Waals surface area contributed by atoms with Crippen molar-refractivity contribution in [1.29, 1.82) is 0 Å². The van der Waals surface area contributed by atoms with E-state index in [2.05, 4.69) is 40.1 Å². The molecule has 0 fully saturated rings. The van der Waals surface area contributed by atoms with Crippen LogP contribution in [0.25, 0.3) is 5.70 Å². The standard InChI is InChI=1S/C38H29N5O2/c39-30(26-20-22-27(23-21-26)42-31-12-1-5-16-35(31)44-36-17-6-2-13-32(36)42)25-41(40)28-10-9-11-29(24-28)43-33-14-3-7-18-37(33)45-38-19-8-4-15-34(38)43/h1-25H,39-40H2/b30-25-. The van der Waals surface area contributed by atoms with Gasteiger partial charge in [0, 0.05) is 17.6 Å². The molecule has 218 valence electrons. The Balaban J connectivity index is 1.08. The van der Waals surface area contributed by atoms with Crippen molar-refractivity contribution >= 4 is 45.5 Å². The molecule has 6 aromatic rings. The van der Waals surface area contributed by atoms with E-state index in [0.29, 0.717) is 5.70 Å². The molecule has 7 nitrogen and oxygen atoms in total. The average Bonchev–Trinajstić information content (AvgIpc) is 3.09. The lowest BCUT2D eigenvalue weighted by Gasteiger charge is -2.33. The zero-order chi connectivity index (χ0) is 30.3. The van der Waals surface area contributed by atoms with Gasteiger partial charge in [-0.1, -0.05) is 66.7 Å². The molecule has 45 heavy (non-hydrogen) atoms. The molecule has 2 aliphatic rings. The Bertz CT molecular complexity index is 1980. The Kier molecular flexibility index (Phi) is 6.36. The fourth-order valence-corrected chi connectivity index (χ4v) is 5.86. The highest BCUT2D eigenvalue weighted by molar-refractivity contribution is 5.88. The summed E-state index contributed by atoms with van der Waals surface area (Å²) in [6, 6.07) is 48.3. The summed E-state index contributed by atoms with van der Waals surface area (Å²) in [6.07, 6.45) is 1.74. The second-order valence-corrected chi connectivity index (χ2v) is 10.8. The SMILES string of the molecule is N/C(=C\N(N)c1cccc(N2c3ccccc3Oc3ccccc32)c1)c1ccc(N2c3ccccc3Oc3ccccc32)cc1. The number of para-hydroxylation sites is 8. The molecule has 0 saturated carbocycles. The second kappa shape index (κ2) is 10.8. The highest BCUT2D eigenvalue weighted by atomic mass is 16.5. The number of nitrogens with zero attached hydrogens (tertiary/aromatic N) is 3. The van der Waals surface area contributed by atoms with E-state index in [-0.39, 0.29) is 0 Å². The van der Waals surface area contributed by atoms with Crippen molar-refractivity contribution in [2.75, 3.05) is 14.8 Å². The first-order valence-corrected chi connectivity index (χ1v) is 14.7. The first-order chi connectivity index (χ1) is 22.1. The third kappa shape index (κ3) is 4.68. The van der Waals surface area contributed by atoms with Crippen LogP contribution in [0.15, 0.2) is 152 Å². The summed E-state index contributed by atoms with van der Waals surface area (Å²) in [7, 11) is 0. The van der Waals surface area contributed by atoms with Crippen molar-refractivity contribution in [3.8, 4) is 23.0 Å². The molecule has 0 saturated heterocycles. The number of anilines is 7. The van der Waals surface area contributed by atoms with E-state index in [9.17, 15) is 0 Å². The quantitative estimate of drug-likeness (QED) is 0.153. The molecule has 0 bridgehead atoms. The van der Waals surface area contributed by atoms with E-state index in [1.807, 2.05) is 115 Å². The molecule has 2 heterocycles. The third-order valence-corrected chi connectivity index (χ3v) is 7.99. The van der Waals surface area contributed by atoms with E-state index in [4.69, 9.17) is 21.1 Å². The summed E-state index contributed by atoms with van der Waals surface area (Å²) in [4.78, 5) is 4.37. The largest absolute Gasteiger partial charge is 0.453 e. The molecule has 0 atom stereocenters. The lowest BCUT2D eigenvalue weighted by Crippen LogP contribution is -2.26. The van der Waals surface area contributed by atoms with E-state index >= 15 is 0 Å². The first kappa shape index (κ1) is 26.4. The lowest BCUT2D eigenvalue weighted by molar-refractivity contribution is 0.477. The van der Waals surface area contributed by atoms with Crippen LogP contribution in [0.4, 0.5) is 39.8 Å². The van der Waals surface area contributed by atoms with Gasteiger partial charge in [0.15, 0.2) is 23.0 Å². The van der Waals surface area contributed by atoms with Crippen LogP contribution in [-0.2, 0) is 0 Å². The van der Waals surface area contributed by atoms with Crippen LogP contribution < -0.4 is 35.9 Å². The fourth-order valence-electron chi connectivity index (χ4n) is 5.86.